The van der Waals surface area contributed by atoms with Gasteiger partial charge >= 0.3 is 0 Å². The summed E-state index contributed by atoms with van der Waals surface area (Å²) >= 11 is 3.75. The Kier molecular flexibility index (Phi) is 2.95. The summed E-state index contributed by atoms with van der Waals surface area (Å²) in [5.41, 5.74) is 3.33. The van der Waals surface area contributed by atoms with Crippen molar-refractivity contribution in [2.24, 2.45) is 5.92 Å². The first kappa shape index (κ1) is 11.3. The molecule has 1 aromatic carbocycles. The molecule has 1 fully saturated rings. The molecule has 1 atom stereocenters. The average Bonchev–Trinajstić information content (AvgIpc) is 3.17. The van der Waals surface area contributed by atoms with E-state index < -0.39 is 0 Å². The molecule has 1 N–H and O–H groups in total. The van der Waals surface area contributed by atoms with Crippen LogP contribution in [0.2, 0.25) is 0 Å². The van der Waals surface area contributed by atoms with Gasteiger partial charge in [0, 0.05) is 16.9 Å². The van der Waals surface area contributed by atoms with Crippen molar-refractivity contribution in [1.29, 1.82) is 0 Å². The number of rotatable bonds is 2. The number of alkyl halides is 1. The number of halogens is 1. The number of carbonyl (C=O) groups is 1. The maximum absolute atomic E-state index is 11.9. The van der Waals surface area contributed by atoms with E-state index in [1.807, 2.05) is 0 Å². The first-order valence-electron chi connectivity index (χ1n) is 6.31. The van der Waals surface area contributed by atoms with E-state index in [1.54, 1.807) is 0 Å². The van der Waals surface area contributed by atoms with Gasteiger partial charge < -0.3 is 5.32 Å². The molecule has 0 bridgehead atoms. The van der Waals surface area contributed by atoms with Crippen LogP contribution in [-0.4, -0.2) is 12.5 Å². The van der Waals surface area contributed by atoms with Gasteiger partial charge in [-0.2, -0.15) is 0 Å². The summed E-state index contributed by atoms with van der Waals surface area (Å²) < 4.78 is 0. The minimum Gasteiger partial charge on any atom is -0.352 e. The van der Waals surface area contributed by atoms with Crippen molar-refractivity contribution in [2.75, 3.05) is 6.54 Å². The van der Waals surface area contributed by atoms with Crippen LogP contribution in [0.5, 0.6) is 0 Å². The van der Waals surface area contributed by atoms with Gasteiger partial charge in [-0.3, -0.25) is 4.79 Å². The highest BCUT2D eigenvalue weighted by Crippen LogP contribution is 2.46. The first-order valence-corrected chi connectivity index (χ1v) is 7.22. The molecule has 1 aromatic rings. The summed E-state index contributed by atoms with van der Waals surface area (Å²) in [6.45, 7) is 0.795. The molecule has 1 amide bonds. The number of carbonyl (C=O) groups excluding carboxylic acids is 1. The highest BCUT2D eigenvalue weighted by atomic mass is 79.9. The molecule has 17 heavy (non-hydrogen) atoms. The third-order valence-electron chi connectivity index (χ3n) is 3.64. The minimum absolute atomic E-state index is 0.0925. The number of hydrogen-bond donors (Lipinski definition) is 1. The van der Waals surface area contributed by atoms with Crippen molar-refractivity contribution in [3.8, 4) is 0 Å². The van der Waals surface area contributed by atoms with Gasteiger partial charge in [0.1, 0.15) is 0 Å². The number of fused-ring (bicyclic) bond motifs is 1. The standard InChI is InChI=1S/C14H16BrNO/c15-13(10-4-5-10)11-6-3-9-2-1-7-16-14(17)12(9)8-11/h3,6,8,10,13H,1-2,4-5,7H2,(H,16,17). The van der Waals surface area contributed by atoms with Gasteiger partial charge in [0.25, 0.3) is 5.91 Å². The molecule has 1 saturated carbocycles. The Bertz CT molecular complexity index is 454. The summed E-state index contributed by atoms with van der Waals surface area (Å²) in [5, 5.41) is 2.96. The smallest absolute Gasteiger partial charge is 0.251 e. The van der Waals surface area contributed by atoms with Crippen LogP contribution in [0.25, 0.3) is 0 Å². The Morgan fingerprint density at radius 2 is 2.18 bits per heavy atom. The van der Waals surface area contributed by atoms with Gasteiger partial charge in [0.05, 0.1) is 0 Å². The topological polar surface area (TPSA) is 29.1 Å². The number of amides is 1. The lowest BCUT2D eigenvalue weighted by atomic mass is 9.98. The number of aryl methyl sites for hydroxylation is 1. The van der Waals surface area contributed by atoms with E-state index in [4.69, 9.17) is 0 Å². The summed E-state index contributed by atoms with van der Waals surface area (Å²) in [5.74, 6) is 0.858. The lowest BCUT2D eigenvalue weighted by Gasteiger charge is -2.12. The normalized spacial score (nSPS) is 21.4. The lowest BCUT2D eigenvalue weighted by molar-refractivity contribution is 0.0956. The van der Waals surface area contributed by atoms with E-state index >= 15 is 0 Å². The van der Waals surface area contributed by atoms with Crippen molar-refractivity contribution in [3.63, 3.8) is 0 Å². The molecule has 1 aliphatic carbocycles. The van der Waals surface area contributed by atoms with Crippen LogP contribution < -0.4 is 5.32 Å². The molecule has 0 aromatic heterocycles. The fraction of sp³-hybridized carbons (Fsp3) is 0.500. The zero-order valence-corrected chi connectivity index (χ0v) is 11.3. The van der Waals surface area contributed by atoms with E-state index in [0.29, 0.717) is 4.83 Å². The van der Waals surface area contributed by atoms with Crippen molar-refractivity contribution in [2.45, 2.75) is 30.5 Å². The van der Waals surface area contributed by atoms with Crippen LogP contribution in [0.1, 0.15) is 45.6 Å². The fourth-order valence-corrected chi connectivity index (χ4v) is 3.25. The second kappa shape index (κ2) is 4.45. The molecule has 3 heteroatoms. The Morgan fingerprint density at radius 1 is 1.35 bits per heavy atom. The number of hydrogen-bond acceptors (Lipinski definition) is 1. The van der Waals surface area contributed by atoms with Crippen molar-refractivity contribution < 1.29 is 4.79 Å². The predicted molar refractivity (Wildman–Crippen MR) is 71.5 cm³/mol. The van der Waals surface area contributed by atoms with Crippen LogP contribution in [-0.2, 0) is 6.42 Å². The van der Waals surface area contributed by atoms with Gasteiger partial charge in [-0.05, 0) is 48.8 Å². The largest absolute Gasteiger partial charge is 0.352 e. The van der Waals surface area contributed by atoms with Crippen molar-refractivity contribution in [3.05, 3.63) is 34.9 Å². The first-order chi connectivity index (χ1) is 8.25. The van der Waals surface area contributed by atoms with Crippen LogP contribution >= 0.6 is 15.9 Å². The molecular weight excluding hydrogens is 278 g/mol. The molecule has 2 aliphatic rings. The lowest BCUT2D eigenvalue weighted by Crippen LogP contribution is -2.22. The van der Waals surface area contributed by atoms with Gasteiger partial charge in [-0.25, -0.2) is 0 Å². The third-order valence-corrected chi connectivity index (χ3v) is 4.92. The molecule has 1 heterocycles. The number of benzene rings is 1. The monoisotopic (exact) mass is 293 g/mol. The molecule has 0 saturated heterocycles. The predicted octanol–water partition coefficient (Wildman–Crippen LogP) is 3.21. The van der Waals surface area contributed by atoms with Gasteiger partial charge in [-0.1, -0.05) is 28.1 Å². The SMILES string of the molecule is O=C1NCCCc2ccc(C(Br)C3CC3)cc21. The molecule has 3 rings (SSSR count). The maximum Gasteiger partial charge on any atom is 0.251 e. The average molecular weight is 294 g/mol. The highest BCUT2D eigenvalue weighted by Gasteiger charge is 2.31. The van der Waals surface area contributed by atoms with E-state index in [9.17, 15) is 4.79 Å². The van der Waals surface area contributed by atoms with E-state index in [-0.39, 0.29) is 5.91 Å². The summed E-state index contributed by atoms with van der Waals surface area (Å²) in [4.78, 5) is 12.4. The molecular formula is C14H16BrNO. The Labute approximate surface area is 110 Å². The van der Waals surface area contributed by atoms with Crippen LogP contribution in [0.4, 0.5) is 0 Å². The Morgan fingerprint density at radius 3 is 2.94 bits per heavy atom. The van der Waals surface area contributed by atoms with Crippen LogP contribution in [0.15, 0.2) is 18.2 Å². The Balaban J connectivity index is 1.95. The van der Waals surface area contributed by atoms with Crippen LogP contribution in [0.3, 0.4) is 0 Å². The number of nitrogens with one attached hydrogen (secondary N) is 1. The van der Waals surface area contributed by atoms with Crippen molar-refractivity contribution >= 4 is 21.8 Å². The summed E-state index contributed by atoms with van der Waals surface area (Å²) in [6, 6.07) is 6.38. The molecule has 2 nitrogen and oxygen atoms in total. The van der Waals surface area contributed by atoms with Gasteiger partial charge in [-0.15, -0.1) is 0 Å². The van der Waals surface area contributed by atoms with Crippen LogP contribution in [0, 0.1) is 5.92 Å². The van der Waals surface area contributed by atoms with E-state index in [2.05, 4.69) is 39.4 Å². The third kappa shape index (κ3) is 2.25. The van der Waals surface area contributed by atoms with Crippen molar-refractivity contribution in [1.82, 2.24) is 5.32 Å². The van der Waals surface area contributed by atoms with E-state index in [1.165, 1.54) is 24.0 Å². The quantitative estimate of drug-likeness (QED) is 0.834. The maximum atomic E-state index is 11.9. The summed E-state index contributed by atoms with van der Waals surface area (Å²) in [6.07, 6.45) is 4.65. The zero-order valence-electron chi connectivity index (χ0n) is 9.71. The van der Waals surface area contributed by atoms with E-state index in [0.717, 1.165) is 30.9 Å². The molecule has 1 unspecified atom stereocenters. The van der Waals surface area contributed by atoms with Gasteiger partial charge in [0.15, 0.2) is 0 Å². The highest BCUT2D eigenvalue weighted by molar-refractivity contribution is 9.09. The summed E-state index contributed by atoms with van der Waals surface area (Å²) in [7, 11) is 0. The zero-order chi connectivity index (χ0) is 11.8. The molecule has 90 valence electrons. The second-order valence-electron chi connectivity index (χ2n) is 5.02. The molecule has 0 radical (unpaired) electrons. The fourth-order valence-electron chi connectivity index (χ4n) is 2.43. The minimum atomic E-state index is 0.0925. The Hall–Kier alpha value is -0.830. The molecule has 0 spiro atoms. The second-order valence-corrected chi connectivity index (χ2v) is 6.00. The van der Waals surface area contributed by atoms with Gasteiger partial charge in [0.2, 0.25) is 0 Å². The molecule has 1 aliphatic heterocycles.